The molecule has 1 aromatic rings. The van der Waals surface area contributed by atoms with E-state index in [1.165, 1.54) is 11.3 Å². The van der Waals surface area contributed by atoms with Crippen molar-refractivity contribution in [2.24, 2.45) is 0 Å². The summed E-state index contributed by atoms with van der Waals surface area (Å²) in [5.41, 5.74) is 0. The van der Waals surface area contributed by atoms with Crippen LogP contribution in [0.25, 0.3) is 0 Å². The van der Waals surface area contributed by atoms with Crippen LogP contribution in [-0.2, 0) is 38.1 Å². The maximum Gasteiger partial charge on any atom is 0.369 e. The Balaban J connectivity index is 1.90. The first-order valence-corrected chi connectivity index (χ1v) is 8.79. The van der Waals surface area contributed by atoms with Crippen LogP contribution in [0.5, 0.6) is 0 Å². The molecule has 10 nitrogen and oxygen atoms in total. The lowest BCUT2D eigenvalue weighted by Crippen LogP contribution is -2.62. The summed E-state index contributed by atoms with van der Waals surface area (Å²) in [6.07, 6.45) is -4.74. The monoisotopic (exact) mass is 399 g/mol. The van der Waals surface area contributed by atoms with Crippen molar-refractivity contribution >= 4 is 35.2 Å². The second kappa shape index (κ2) is 7.25. The van der Waals surface area contributed by atoms with Gasteiger partial charge in [0.25, 0.3) is 5.91 Å². The van der Waals surface area contributed by atoms with Crippen LogP contribution in [0.15, 0.2) is 17.5 Å². The summed E-state index contributed by atoms with van der Waals surface area (Å²) < 4.78 is 26.0. The molecule has 0 saturated carbocycles. The average molecular weight is 399 g/mol. The minimum absolute atomic E-state index is 0.371. The highest BCUT2D eigenvalue weighted by atomic mass is 32.1. The van der Waals surface area contributed by atoms with Crippen molar-refractivity contribution in [1.82, 2.24) is 5.32 Å². The molecule has 3 heterocycles. The summed E-state index contributed by atoms with van der Waals surface area (Å²) in [4.78, 5) is 47.9. The van der Waals surface area contributed by atoms with E-state index in [-0.39, 0.29) is 0 Å². The molecular weight excluding hydrogens is 382 g/mol. The van der Waals surface area contributed by atoms with Crippen LogP contribution in [-0.4, -0.2) is 61.3 Å². The molecule has 2 saturated heterocycles. The molecule has 0 spiro atoms. The Morgan fingerprint density at radius 1 is 1.11 bits per heavy atom. The quantitative estimate of drug-likeness (QED) is 0.412. The van der Waals surface area contributed by atoms with Crippen LogP contribution in [0.1, 0.15) is 23.5 Å². The molecule has 1 aromatic heterocycles. The van der Waals surface area contributed by atoms with Gasteiger partial charge in [-0.3, -0.25) is 14.4 Å². The topological polar surface area (TPSA) is 130 Å². The van der Waals surface area contributed by atoms with Crippen LogP contribution < -0.4 is 5.32 Å². The number of hydrogen-bond acceptors (Lipinski definition) is 10. The second-order valence-electron chi connectivity index (χ2n) is 5.83. The van der Waals surface area contributed by atoms with Crippen LogP contribution in [0.3, 0.4) is 0 Å². The number of carbonyl (C=O) groups is 4. The van der Waals surface area contributed by atoms with Gasteiger partial charge in [-0.05, 0) is 11.4 Å². The molecule has 3 rings (SSSR count). The molecule has 27 heavy (non-hydrogen) atoms. The minimum atomic E-state index is -1.85. The smallest absolute Gasteiger partial charge is 0.369 e. The molecule has 0 unspecified atom stereocenters. The zero-order valence-corrected chi connectivity index (χ0v) is 15.4. The summed E-state index contributed by atoms with van der Waals surface area (Å²) in [5, 5.41) is 4.24. The van der Waals surface area contributed by atoms with Gasteiger partial charge in [0.1, 0.15) is 0 Å². The van der Waals surface area contributed by atoms with Crippen molar-refractivity contribution in [3.8, 4) is 0 Å². The SMILES string of the molecule is COC(=O)[C@@]12O[C@@H](NC(=O)c3cccs3)[C@H](OC(C)=O)[C@@H](OC(C)=O)[C@@H]1O2. The van der Waals surface area contributed by atoms with E-state index in [9.17, 15) is 19.2 Å². The molecule has 0 aromatic carbocycles. The zero-order chi connectivity index (χ0) is 19.8. The van der Waals surface area contributed by atoms with Crippen molar-refractivity contribution < 1.29 is 42.9 Å². The van der Waals surface area contributed by atoms with E-state index < -0.39 is 54.1 Å². The van der Waals surface area contributed by atoms with E-state index in [1.807, 2.05) is 0 Å². The fourth-order valence-electron chi connectivity index (χ4n) is 2.85. The number of ether oxygens (including phenoxy) is 5. The number of hydrogen-bond donors (Lipinski definition) is 1. The highest BCUT2D eigenvalue weighted by Gasteiger charge is 2.76. The highest BCUT2D eigenvalue weighted by Crippen LogP contribution is 2.48. The molecule has 0 radical (unpaired) electrons. The zero-order valence-electron chi connectivity index (χ0n) is 14.6. The van der Waals surface area contributed by atoms with E-state index in [0.29, 0.717) is 4.88 Å². The number of amides is 1. The van der Waals surface area contributed by atoms with E-state index in [2.05, 4.69) is 10.1 Å². The van der Waals surface area contributed by atoms with Crippen LogP contribution in [0, 0.1) is 0 Å². The molecule has 2 aliphatic heterocycles. The molecule has 1 N–H and O–H groups in total. The highest BCUT2D eigenvalue weighted by molar-refractivity contribution is 7.12. The third-order valence-electron chi connectivity index (χ3n) is 3.93. The van der Waals surface area contributed by atoms with Gasteiger partial charge < -0.3 is 29.0 Å². The summed E-state index contributed by atoms with van der Waals surface area (Å²) >= 11 is 1.18. The fraction of sp³-hybridized carbons (Fsp3) is 0.500. The van der Waals surface area contributed by atoms with E-state index in [0.717, 1.165) is 21.0 Å². The maximum absolute atomic E-state index is 12.4. The molecule has 1 amide bonds. The second-order valence-corrected chi connectivity index (χ2v) is 6.78. The number of thiophene rings is 1. The Hall–Kier alpha value is -2.50. The lowest BCUT2D eigenvalue weighted by Gasteiger charge is -2.36. The first-order chi connectivity index (χ1) is 12.8. The number of esters is 3. The van der Waals surface area contributed by atoms with Crippen molar-refractivity contribution in [1.29, 1.82) is 0 Å². The Kier molecular flexibility index (Phi) is 5.18. The molecule has 11 heteroatoms. The van der Waals surface area contributed by atoms with Gasteiger partial charge in [0.15, 0.2) is 24.5 Å². The lowest BCUT2D eigenvalue weighted by atomic mass is 10.0. The van der Waals surface area contributed by atoms with Crippen LogP contribution in [0.4, 0.5) is 0 Å². The molecule has 2 fully saturated rings. The molecule has 5 atom stereocenters. The number of fused-ring (bicyclic) bond motifs is 1. The van der Waals surface area contributed by atoms with Crippen molar-refractivity contribution in [3.05, 3.63) is 22.4 Å². The van der Waals surface area contributed by atoms with Gasteiger partial charge >= 0.3 is 23.7 Å². The van der Waals surface area contributed by atoms with Gasteiger partial charge in [-0.1, -0.05) is 6.07 Å². The average Bonchev–Trinajstić information content (AvgIpc) is 3.08. The van der Waals surface area contributed by atoms with E-state index in [4.69, 9.17) is 18.9 Å². The number of carbonyl (C=O) groups excluding carboxylic acids is 4. The lowest BCUT2D eigenvalue weighted by molar-refractivity contribution is -0.217. The third-order valence-corrected chi connectivity index (χ3v) is 4.80. The first-order valence-electron chi connectivity index (χ1n) is 7.91. The van der Waals surface area contributed by atoms with Gasteiger partial charge in [-0.25, -0.2) is 4.79 Å². The fourth-order valence-corrected chi connectivity index (χ4v) is 3.48. The molecule has 2 aliphatic rings. The summed E-state index contributed by atoms with van der Waals surface area (Å²) in [6.45, 7) is 2.31. The van der Waals surface area contributed by atoms with Gasteiger partial charge in [0, 0.05) is 13.8 Å². The largest absolute Gasteiger partial charge is 0.465 e. The predicted molar refractivity (Wildman–Crippen MR) is 87.4 cm³/mol. The molecule has 146 valence electrons. The summed E-state index contributed by atoms with van der Waals surface area (Å²) in [6, 6.07) is 3.27. The number of epoxide rings is 1. The summed E-state index contributed by atoms with van der Waals surface area (Å²) in [5.74, 6) is -4.60. The normalized spacial score (nSPS) is 31.2. The van der Waals surface area contributed by atoms with Gasteiger partial charge in [-0.15, -0.1) is 11.3 Å². The number of methoxy groups -OCH3 is 1. The molecular formula is C16H17NO9S. The van der Waals surface area contributed by atoms with Crippen molar-refractivity contribution in [2.45, 2.75) is 44.2 Å². The Labute approximate surface area is 157 Å². The van der Waals surface area contributed by atoms with E-state index in [1.54, 1.807) is 17.5 Å². The first kappa shape index (κ1) is 19.3. The minimum Gasteiger partial charge on any atom is -0.465 e. The van der Waals surface area contributed by atoms with Gasteiger partial charge in [0.2, 0.25) is 0 Å². The standard InChI is InChI=1S/C16H17NO9S/c1-7(18)23-10-11(24-8(2)19)14(17-13(20)9-5-4-6-27-9)26-16(12(10)25-16)15(21)22-3/h4-6,10-12,14H,1-3H3,(H,17,20)/t10-,11-,12+,14-,16+/m1/s1. The Morgan fingerprint density at radius 3 is 2.33 bits per heavy atom. The van der Waals surface area contributed by atoms with Crippen LogP contribution in [0.2, 0.25) is 0 Å². The Bertz CT molecular complexity index is 764. The van der Waals surface area contributed by atoms with Crippen LogP contribution >= 0.6 is 11.3 Å². The maximum atomic E-state index is 12.4. The summed E-state index contributed by atoms with van der Waals surface area (Å²) in [7, 11) is 1.14. The van der Waals surface area contributed by atoms with Crippen molar-refractivity contribution in [3.63, 3.8) is 0 Å². The number of rotatable bonds is 5. The van der Waals surface area contributed by atoms with E-state index >= 15 is 0 Å². The van der Waals surface area contributed by atoms with Gasteiger partial charge in [0.05, 0.1) is 12.0 Å². The predicted octanol–water partition coefficient (Wildman–Crippen LogP) is -0.0343. The number of nitrogens with one attached hydrogen (secondary N) is 1. The van der Waals surface area contributed by atoms with Crippen molar-refractivity contribution in [2.75, 3.05) is 7.11 Å². The third kappa shape index (κ3) is 3.66. The van der Waals surface area contributed by atoms with Gasteiger partial charge in [-0.2, -0.15) is 0 Å². The molecule has 0 aliphatic carbocycles. The Morgan fingerprint density at radius 2 is 1.78 bits per heavy atom. The molecule has 0 bridgehead atoms.